The van der Waals surface area contributed by atoms with E-state index in [-0.39, 0.29) is 11.0 Å². The SMILES string of the molecule is CC1CC(C)(C)CC(N)(c2nc(C(C)(C)C)cs2)C1. The van der Waals surface area contributed by atoms with Gasteiger partial charge in [-0.1, -0.05) is 41.5 Å². The molecule has 0 saturated heterocycles. The zero-order chi connectivity index (χ0) is 14.5. The van der Waals surface area contributed by atoms with Crippen molar-refractivity contribution in [3.8, 4) is 0 Å². The van der Waals surface area contributed by atoms with Crippen LogP contribution in [0.25, 0.3) is 0 Å². The summed E-state index contributed by atoms with van der Waals surface area (Å²) in [5, 5.41) is 3.33. The second-order valence-corrected chi connectivity index (χ2v) is 9.16. The van der Waals surface area contributed by atoms with Gasteiger partial charge in [-0.15, -0.1) is 11.3 Å². The molecule has 1 saturated carbocycles. The molecule has 1 aromatic heterocycles. The molecule has 0 aromatic carbocycles. The summed E-state index contributed by atoms with van der Waals surface area (Å²) in [6, 6.07) is 0. The Morgan fingerprint density at radius 2 is 1.95 bits per heavy atom. The van der Waals surface area contributed by atoms with Crippen LogP contribution in [0.1, 0.15) is 71.5 Å². The molecule has 3 heteroatoms. The Labute approximate surface area is 121 Å². The number of hydrogen-bond donors (Lipinski definition) is 1. The first-order chi connectivity index (χ1) is 8.52. The Morgan fingerprint density at radius 3 is 2.42 bits per heavy atom. The van der Waals surface area contributed by atoms with E-state index in [2.05, 4.69) is 46.9 Å². The van der Waals surface area contributed by atoms with Gasteiger partial charge in [-0.05, 0) is 30.6 Å². The van der Waals surface area contributed by atoms with Gasteiger partial charge in [-0.25, -0.2) is 4.98 Å². The van der Waals surface area contributed by atoms with Crippen LogP contribution in [0, 0.1) is 11.3 Å². The Bertz CT molecular complexity index is 456. The van der Waals surface area contributed by atoms with Crippen LogP contribution in [0.5, 0.6) is 0 Å². The predicted octanol–water partition coefficient (Wildman–Crippen LogP) is 4.44. The second kappa shape index (κ2) is 4.56. The summed E-state index contributed by atoms with van der Waals surface area (Å²) in [6.07, 6.45) is 3.37. The Balaban J connectivity index is 2.31. The van der Waals surface area contributed by atoms with Crippen molar-refractivity contribution in [3.63, 3.8) is 0 Å². The Hall–Kier alpha value is -0.410. The molecule has 0 aliphatic heterocycles. The van der Waals surface area contributed by atoms with E-state index >= 15 is 0 Å². The smallest absolute Gasteiger partial charge is 0.113 e. The molecule has 2 unspecified atom stereocenters. The zero-order valence-electron chi connectivity index (χ0n) is 13.2. The van der Waals surface area contributed by atoms with Gasteiger partial charge in [-0.2, -0.15) is 0 Å². The van der Waals surface area contributed by atoms with E-state index in [1.165, 1.54) is 12.1 Å². The highest BCUT2D eigenvalue weighted by molar-refractivity contribution is 7.09. The molecule has 1 aliphatic carbocycles. The minimum absolute atomic E-state index is 0.112. The largest absolute Gasteiger partial charge is 0.319 e. The van der Waals surface area contributed by atoms with Crippen molar-refractivity contribution >= 4 is 11.3 Å². The number of thiazole rings is 1. The molecule has 1 heterocycles. The van der Waals surface area contributed by atoms with Crippen LogP contribution in [-0.2, 0) is 11.0 Å². The fraction of sp³-hybridized carbons (Fsp3) is 0.812. The van der Waals surface area contributed by atoms with Crippen LogP contribution in [-0.4, -0.2) is 4.98 Å². The molecule has 108 valence electrons. The van der Waals surface area contributed by atoms with Crippen molar-refractivity contribution in [3.05, 3.63) is 16.1 Å². The maximum atomic E-state index is 6.75. The van der Waals surface area contributed by atoms with Crippen LogP contribution in [0.15, 0.2) is 5.38 Å². The molecule has 2 rings (SSSR count). The van der Waals surface area contributed by atoms with Crippen molar-refractivity contribution in [1.82, 2.24) is 4.98 Å². The minimum atomic E-state index is -0.227. The van der Waals surface area contributed by atoms with Crippen molar-refractivity contribution in [1.29, 1.82) is 0 Å². The van der Waals surface area contributed by atoms with Gasteiger partial charge >= 0.3 is 0 Å². The van der Waals surface area contributed by atoms with E-state index in [4.69, 9.17) is 10.7 Å². The molecular formula is C16H28N2S. The van der Waals surface area contributed by atoms with E-state index in [0.29, 0.717) is 11.3 Å². The van der Waals surface area contributed by atoms with Crippen LogP contribution in [0.3, 0.4) is 0 Å². The first kappa shape index (κ1) is 15.0. The van der Waals surface area contributed by atoms with E-state index in [9.17, 15) is 0 Å². The lowest BCUT2D eigenvalue weighted by atomic mass is 9.65. The average Bonchev–Trinajstić information content (AvgIpc) is 2.60. The molecule has 2 N–H and O–H groups in total. The summed E-state index contributed by atoms with van der Waals surface area (Å²) in [7, 11) is 0. The number of hydrogen-bond acceptors (Lipinski definition) is 3. The molecule has 1 fully saturated rings. The van der Waals surface area contributed by atoms with Crippen molar-refractivity contribution in [2.24, 2.45) is 17.1 Å². The molecular weight excluding hydrogens is 252 g/mol. The number of nitrogens with zero attached hydrogens (tertiary/aromatic N) is 1. The van der Waals surface area contributed by atoms with Crippen LogP contribution >= 0.6 is 11.3 Å². The van der Waals surface area contributed by atoms with Gasteiger partial charge in [0.1, 0.15) is 5.01 Å². The number of aromatic nitrogens is 1. The first-order valence-corrected chi connectivity index (χ1v) is 8.15. The van der Waals surface area contributed by atoms with Gasteiger partial charge in [-0.3, -0.25) is 0 Å². The quantitative estimate of drug-likeness (QED) is 0.826. The van der Waals surface area contributed by atoms with Gasteiger partial charge in [0.05, 0.1) is 11.2 Å². The highest BCUT2D eigenvalue weighted by atomic mass is 32.1. The van der Waals surface area contributed by atoms with Gasteiger partial charge < -0.3 is 5.73 Å². The summed E-state index contributed by atoms with van der Waals surface area (Å²) in [5.41, 5.74) is 8.13. The van der Waals surface area contributed by atoms with Crippen LogP contribution < -0.4 is 5.73 Å². The fourth-order valence-corrected chi connectivity index (χ4v) is 4.82. The topological polar surface area (TPSA) is 38.9 Å². The van der Waals surface area contributed by atoms with Crippen molar-refractivity contribution in [2.75, 3.05) is 0 Å². The van der Waals surface area contributed by atoms with E-state index in [1.807, 2.05) is 0 Å². The Morgan fingerprint density at radius 1 is 1.32 bits per heavy atom. The molecule has 0 amide bonds. The average molecular weight is 280 g/mol. The van der Waals surface area contributed by atoms with E-state index in [0.717, 1.165) is 17.8 Å². The zero-order valence-corrected chi connectivity index (χ0v) is 14.0. The first-order valence-electron chi connectivity index (χ1n) is 7.27. The normalized spacial score (nSPS) is 31.4. The lowest BCUT2D eigenvalue weighted by Crippen LogP contribution is -2.46. The second-order valence-electron chi connectivity index (χ2n) is 8.30. The molecule has 2 nitrogen and oxygen atoms in total. The summed E-state index contributed by atoms with van der Waals surface area (Å²) in [4.78, 5) is 4.87. The summed E-state index contributed by atoms with van der Waals surface area (Å²) in [6.45, 7) is 13.6. The number of rotatable bonds is 1. The maximum Gasteiger partial charge on any atom is 0.113 e. The molecule has 0 spiro atoms. The third-order valence-electron chi connectivity index (χ3n) is 4.11. The fourth-order valence-electron chi connectivity index (χ4n) is 3.65. The highest BCUT2D eigenvalue weighted by Crippen LogP contribution is 2.48. The molecule has 1 aromatic rings. The Kier molecular flexibility index (Phi) is 3.60. The molecule has 1 aliphatic rings. The molecule has 0 radical (unpaired) electrons. The third kappa shape index (κ3) is 3.19. The summed E-state index contributed by atoms with van der Waals surface area (Å²) >= 11 is 1.75. The molecule has 2 atom stereocenters. The maximum absolute atomic E-state index is 6.75. The molecule has 19 heavy (non-hydrogen) atoms. The van der Waals surface area contributed by atoms with Gasteiger partial charge in [0.25, 0.3) is 0 Å². The van der Waals surface area contributed by atoms with Gasteiger partial charge in [0.2, 0.25) is 0 Å². The van der Waals surface area contributed by atoms with E-state index < -0.39 is 0 Å². The lowest BCUT2D eigenvalue weighted by Gasteiger charge is -2.44. The minimum Gasteiger partial charge on any atom is -0.319 e. The van der Waals surface area contributed by atoms with Gasteiger partial charge in [0.15, 0.2) is 0 Å². The molecule has 0 bridgehead atoms. The van der Waals surface area contributed by atoms with Crippen LogP contribution in [0.4, 0.5) is 0 Å². The predicted molar refractivity (Wildman–Crippen MR) is 83.5 cm³/mol. The third-order valence-corrected chi connectivity index (χ3v) is 5.17. The van der Waals surface area contributed by atoms with E-state index in [1.54, 1.807) is 11.3 Å². The summed E-state index contributed by atoms with van der Waals surface area (Å²) in [5.74, 6) is 0.677. The van der Waals surface area contributed by atoms with Crippen molar-refractivity contribution in [2.45, 2.75) is 71.8 Å². The monoisotopic (exact) mass is 280 g/mol. The van der Waals surface area contributed by atoms with Crippen LogP contribution in [0.2, 0.25) is 0 Å². The highest BCUT2D eigenvalue weighted by Gasteiger charge is 2.43. The van der Waals surface area contributed by atoms with Crippen molar-refractivity contribution < 1.29 is 0 Å². The number of nitrogens with two attached hydrogens (primary N) is 1. The van der Waals surface area contributed by atoms with Gasteiger partial charge in [0, 0.05) is 10.8 Å². The summed E-state index contributed by atoms with van der Waals surface area (Å²) < 4.78 is 0. The lowest BCUT2D eigenvalue weighted by molar-refractivity contribution is 0.107. The standard InChI is InChI=1S/C16H28N2S/c1-11-7-15(5,6)10-16(17,8-11)13-18-12(9-19-13)14(2,3)4/h9,11H,7-8,10,17H2,1-6H3.